The highest BCUT2D eigenvalue weighted by molar-refractivity contribution is 5.99. The first-order valence-electron chi connectivity index (χ1n) is 9.00. The lowest BCUT2D eigenvalue weighted by molar-refractivity contribution is -0.143. The average molecular weight is 370 g/mol. The minimum atomic E-state index is -0.981. The number of hydrogen-bond acceptors (Lipinski definition) is 4. The van der Waals surface area contributed by atoms with Crippen LogP contribution in [0.15, 0.2) is 47.1 Å². The van der Waals surface area contributed by atoms with E-state index >= 15 is 0 Å². The normalized spacial score (nSPS) is 16.7. The van der Waals surface area contributed by atoms with Crippen LogP contribution in [0.4, 0.5) is 5.69 Å². The van der Waals surface area contributed by atoms with E-state index in [1.807, 2.05) is 6.07 Å². The monoisotopic (exact) mass is 370 g/mol. The number of anilines is 1. The summed E-state index contributed by atoms with van der Waals surface area (Å²) in [7, 11) is 0. The number of rotatable bonds is 6. The van der Waals surface area contributed by atoms with Crippen LogP contribution in [0, 0.1) is 0 Å². The van der Waals surface area contributed by atoms with Crippen LogP contribution in [0.1, 0.15) is 41.8 Å². The van der Waals surface area contributed by atoms with Crippen LogP contribution in [0.2, 0.25) is 0 Å². The predicted octanol–water partition coefficient (Wildman–Crippen LogP) is 2.93. The quantitative estimate of drug-likeness (QED) is 0.814. The summed E-state index contributed by atoms with van der Waals surface area (Å²) in [4.78, 5) is 37.7. The lowest BCUT2D eigenvalue weighted by Gasteiger charge is -2.33. The lowest BCUT2D eigenvalue weighted by atomic mass is 10.0. The summed E-state index contributed by atoms with van der Waals surface area (Å²) in [5.74, 6) is -0.754. The van der Waals surface area contributed by atoms with Crippen molar-refractivity contribution in [3.63, 3.8) is 0 Å². The van der Waals surface area contributed by atoms with Crippen LogP contribution in [0.5, 0.6) is 0 Å². The van der Waals surface area contributed by atoms with E-state index in [2.05, 4.69) is 5.32 Å². The van der Waals surface area contributed by atoms with Gasteiger partial charge in [0.15, 0.2) is 0 Å². The first-order valence-corrected chi connectivity index (χ1v) is 9.00. The van der Waals surface area contributed by atoms with E-state index in [1.165, 1.54) is 4.90 Å². The fourth-order valence-electron chi connectivity index (χ4n) is 3.24. The number of carboxylic acids is 1. The van der Waals surface area contributed by atoms with E-state index in [0.717, 1.165) is 18.6 Å². The number of benzene rings is 1. The predicted molar refractivity (Wildman–Crippen MR) is 98.4 cm³/mol. The van der Waals surface area contributed by atoms with Crippen LogP contribution in [0.3, 0.4) is 0 Å². The molecule has 1 aliphatic heterocycles. The Morgan fingerprint density at radius 3 is 2.78 bits per heavy atom. The molecular weight excluding hydrogens is 348 g/mol. The highest BCUT2D eigenvalue weighted by Crippen LogP contribution is 2.21. The molecule has 2 heterocycles. The van der Waals surface area contributed by atoms with E-state index in [4.69, 9.17) is 4.42 Å². The molecule has 1 unspecified atom stereocenters. The minimum Gasteiger partial charge on any atom is -0.480 e. The number of piperidine rings is 1. The Bertz CT molecular complexity index is 816. The average Bonchev–Trinajstić information content (AvgIpc) is 3.19. The second kappa shape index (κ2) is 8.53. The zero-order valence-corrected chi connectivity index (χ0v) is 14.9. The number of hydrogen-bond donors (Lipinski definition) is 2. The molecule has 0 saturated carbocycles. The number of nitrogens with one attached hydrogen (secondary N) is 1. The third-order valence-corrected chi connectivity index (χ3v) is 4.62. The van der Waals surface area contributed by atoms with E-state index in [0.29, 0.717) is 30.6 Å². The molecule has 27 heavy (non-hydrogen) atoms. The summed E-state index contributed by atoms with van der Waals surface area (Å²) in [6.07, 6.45) is 4.37. The molecule has 0 radical (unpaired) electrons. The molecule has 1 fully saturated rings. The number of aliphatic carboxylic acids is 1. The first kappa shape index (κ1) is 18.7. The fourth-order valence-corrected chi connectivity index (χ4v) is 3.24. The van der Waals surface area contributed by atoms with Crippen molar-refractivity contribution in [2.45, 2.75) is 38.1 Å². The van der Waals surface area contributed by atoms with Gasteiger partial charge < -0.3 is 19.7 Å². The second-order valence-electron chi connectivity index (χ2n) is 6.56. The number of furan rings is 1. The van der Waals surface area contributed by atoms with Gasteiger partial charge in [-0.25, -0.2) is 4.79 Å². The van der Waals surface area contributed by atoms with Crippen molar-refractivity contribution in [2.75, 3.05) is 11.9 Å². The van der Waals surface area contributed by atoms with E-state index in [1.54, 1.807) is 36.6 Å². The van der Waals surface area contributed by atoms with Gasteiger partial charge in [-0.3, -0.25) is 9.59 Å². The summed E-state index contributed by atoms with van der Waals surface area (Å²) >= 11 is 0. The summed E-state index contributed by atoms with van der Waals surface area (Å²) in [6.45, 7) is 0.426. The molecule has 0 aliphatic carbocycles. The minimum absolute atomic E-state index is 0.183. The van der Waals surface area contributed by atoms with Gasteiger partial charge in [0.05, 0.1) is 6.26 Å². The molecule has 1 saturated heterocycles. The third-order valence-electron chi connectivity index (χ3n) is 4.62. The van der Waals surface area contributed by atoms with Crippen LogP contribution < -0.4 is 5.32 Å². The van der Waals surface area contributed by atoms with E-state index < -0.39 is 12.0 Å². The molecule has 2 amide bonds. The SMILES string of the molecule is O=C(CCc1ccco1)Nc1cccc(C(=O)N2CCCCC2C(=O)O)c1. The largest absolute Gasteiger partial charge is 0.480 e. The topological polar surface area (TPSA) is 99.9 Å². The maximum Gasteiger partial charge on any atom is 0.326 e. The van der Waals surface area contributed by atoms with Gasteiger partial charge in [-0.1, -0.05) is 6.07 Å². The summed E-state index contributed by atoms with van der Waals surface area (Å²) in [5, 5.41) is 12.1. The first-order chi connectivity index (χ1) is 13.0. The molecule has 2 N–H and O–H groups in total. The van der Waals surface area contributed by atoms with Crippen molar-refractivity contribution in [1.82, 2.24) is 4.90 Å². The fraction of sp³-hybridized carbons (Fsp3) is 0.350. The third kappa shape index (κ3) is 4.75. The summed E-state index contributed by atoms with van der Waals surface area (Å²) in [6, 6.07) is 9.38. The number of nitrogens with zero attached hydrogens (tertiary/aromatic N) is 1. The molecule has 3 rings (SSSR count). The van der Waals surface area contributed by atoms with E-state index in [-0.39, 0.29) is 18.2 Å². The van der Waals surface area contributed by atoms with Gasteiger partial charge in [-0.05, 0) is 49.6 Å². The molecule has 2 aromatic rings. The van der Waals surface area contributed by atoms with Crippen LogP contribution >= 0.6 is 0 Å². The van der Waals surface area contributed by atoms with Crippen LogP contribution in [0.25, 0.3) is 0 Å². The summed E-state index contributed by atoms with van der Waals surface area (Å²) in [5.41, 5.74) is 0.876. The highest BCUT2D eigenvalue weighted by atomic mass is 16.4. The van der Waals surface area contributed by atoms with Crippen molar-refractivity contribution < 1.29 is 23.9 Å². The molecule has 142 valence electrons. The van der Waals surface area contributed by atoms with Gasteiger partial charge in [0, 0.05) is 30.6 Å². The number of carboxylic acid groups (broad SMARTS) is 1. The van der Waals surface area contributed by atoms with Crippen molar-refractivity contribution in [2.24, 2.45) is 0 Å². The Morgan fingerprint density at radius 2 is 2.04 bits per heavy atom. The molecule has 7 nitrogen and oxygen atoms in total. The summed E-state index contributed by atoms with van der Waals surface area (Å²) < 4.78 is 5.20. The van der Waals surface area contributed by atoms with Crippen molar-refractivity contribution in [1.29, 1.82) is 0 Å². The number of likely N-dealkylation sites (tertiary alicyclic amines) is 1. The van der Waals surface area contributed by atoms with Gasteiger partial charge in [-0.15, -0.1) is 0 Å². The Balaban J connectivity index is 1.64. The maximum absolute atomic E-state index is 12.8. The zero-order valence-electron chi connectivity index (χ0n) is 14.9. The van der Waals surface area contributed by atoms with Gasteiger partial charge in [0.25, 0.3) is 5.91 Å². The Kier molecular flexibility index (Phi) is 5.90. The number of amides is 2. The molecule has 0 bridgehead atoms. The van der Waals surface area contributed by atoms with E-state index in [9.17, 15) is 19.5 Å². The van der Waals surface area contributed by atoms with Crippen LogP contribution in [-0.4, -0.2) is 40.4 Å². The van der Waals surface area contributed by atoms with Gasteiger partial charge >= 0.3 is 5.97 Å². The molecule has 1 aromatic heterocycles. The van der Waals surface area contributed by atoms with Gasteiger partial charge in [0.2, 0.25) is 5.91 Å². The zero-order chi connectivity index (χ0) is 19.2. The Morgan fingerprint density at radius 1 is 1.19 bits per heavy atom. The highest BCUT2D eigenvalue weighted by Gasteiger charge is 2.32. The molecule has 0 spiro atoms. The Hall–Kier alpha value is -3.09. The standard InChI is InChI=1S/C20H22N2O5/c23-18(10-9-16-7-4-12-27-16)21-15-6-3-5-14(13-15)19(24)22-11-2-1-8-17(22)20(25)26/h3-7,12-13,17H,1-2,8-11H2,(H,21,23)(H,25,26). The number of carbonyl (C=O) groups is 3. The number of aryl methyl sites for hydroxylation is 1. The second-order valence-corrected chi connectivity index (χ2v) is 6.56. The van der Waals surface area contributed by atoms with Gasteiger partial charge in [-0.2, -0.15) is 0 Å². The molecule has 1 aliphatic rings. The number of carbonyl (C=O) groups excluding carboxylic acids is 2. The lowest BCUT2D eigenvalue weighted by Crippen LogP contribution is -2.48. The van der Waals surface area contributed by atoms with Gasteiger partial charge in [0.1, 0.15) is 11.8 Å². The molecular formula is C20H22N2O5. The van der Waals surface area contributed by atoms with Crippen molar-refractivity contribution in [3.05, 3.63) is 54.0 Å². The smallest absolute Gasteiger partial charge is 0.326 e. The van der Waals surface area contributed by atoms with Crippen molar-refractivity contribution in [3.8, 4) is 0 Å². The van der Waals surface area contributed by atoms with Crippen LogP contribution in [-0.2, 0) is 16.0 Å². The van der Waals surface area contributed by atoms with Crippen molar-refractivity contribution >= 4 is 23.5 Å². The molecule has 1 atom stereocenters. The maximum atomic E-state index is 12.8. The molecule has 7 heteroatoms. The molecule has 1 aromatic carbocycles. The Labute approximate surface area is 157 Å².